The van der Waals surface area contributed by atoms with Crippen LogP contribution in [-0.2, 0) is 4.79 Å². The molecule has 5 heteroatoms. The Bertz CT molecular complexity index is 479. The Kier molecular flexibility index (Phi) is 5.68. The van der Waals surface area contributed by atoms with Gasteiger partial charge in [-0.15, -0.1) is 0 Å². The maximum Gasteiger partial charge on any atom is 0.225 e. The van der Waals surface area contributed by atoms with Gasteiger partial charge in [0.2, 0.25) is 5.91 Å². The third-order valence-electron chi connectivity index (χ3n) is 5.68. The lowest BCUT2D eigenvalue weighted by atomic mass is 9.79. The summed E-state index contributed by atoms with van der Waals surface area (Å²) in [6, 6.07) is 0.302. The van der Waals surface area contributed by atoms with Crippen LogP contribution in [0, 0.1) is 11.8 Å². The zero-order chi connectivity index (χ0) is 16.1. The van der Waals surface area contributed by atoms with Gasteiger partial charge in [-0.25, -0.2) is 9.67 Å². The fraction of sp³-hybridized carbons (Fsp3) is 0.833. The number of aromatic nitrogens is 3. The van der Waals surface area contributed by atoms with Gasteiger partial charge in [0.25, 0.3) is 0 Å². The van der Waals surface area contributed by atoms with Gasteiger partial charge < -0.3 is 4.90 Å². The summed E-state index contributed by atoms with van der Waals surface area (Å²) in [6.07, 6.45) is 14.2. The molecular weight excluding hydrogens is 288 g/mol. The van der Waals surface area contributed by atoms with E-state index in [1.54, 1.807) is 12.7 Å². The second-order valence-electron chi connectivity index (χ2n) is 7.32. The van der Waals surface area contributed by atoms with E-state index < -0.39 is 0 Å². The largest absolute Gasteiger partial charge is 0.340 e. The minimum atomic E-state index is 0.266. The Balaban J connectivity index is 1.50. The fourth-order valence-electron chi connectivity index (χ4n) is 4.23. The predicted molar refractivity (Wildman–Crippen MR) is 89.8 cm³/mol. The van der Waals surface area contributed by atoms with E-state index in [4.69, 9.17) is 0 Å². The molecule has 5 nitrogen and oxygen atoms in total. The summed E-state index contributed by atoms with van der Waals surface area (Å²) in [5.74, 6) is 1.52. The first-order valence-corrected chi connectivity index (χ1v) is 9.40. The van der Waals surface area contributed by atoms with Crippen molar-refractivity contribution in [3.63, 3.8) is 0 Å². The molecule has 0 aromatic carbocycles. The number of piperidine rings is 1. The molecule has 0 N–H and O–H groups in total. The third-order valence-corrected chi connectivity index (χ3v) is 5.68. The summed E-state index contributed by atoms with van der Waals surface area (Å²) in [5, 5.41) is 4.25. The number of carbonyl (C=O) groups is 1. The maximum atomic E-state index is 12.9. The number of rotatable bonds is 5. The van der Waals surface area contributed by atoms with Gasteiger partial charge in [0.15, 0.2) is 0 Å². The summed E-state index contributed by atoms with van der Waals surface area (Å²) in [4.78, 5) is 19.0. The van der Waals surface area contributed by atoms with Crippen LogP contribution in [0.5, 0.6) is 0 Å². The highest BCUT2D eigenvalue weighted by Gasteiger charge is 2.32. The maximum absolute atomic E-state index is 12.9. The molecule has 0 unspecified atom stereocenters. The molecule has 2 heterocycles. The quantitative estimate of drug-likeness (QED) is 0.835. The van der Waals surface area contributed by atoms with Crippen LogP contribution >= 0.6 is 0 Å². The molecular formula is C18H30N4O. The van der Waals surface area contributed by atoms with Crippen LogP contribution in [0.15, 0.2) is 12.7 Å². The molecule has 1 aromatic rings. The van der Waals surface area contributed by atoms with E-state index in [1.165, 1.54) is 32.1 Å². The molecule has 1 atom stereocenters. The molecule has 1 aliphatic heterocycles. The van der Waals surface area contributed by atoms with Crippen molar-refractivity contribution in [2.24, 2.45) is 11.8 Å². The van der Waals surface area contributed by atoms with E-state index in [1.807, 2.05) is 4.68 Å². The van der Waals surface area contributed by atoms with Crippen LogP contribution in [-0.4, -0.2) is 38.7 Å². The van der Waals surface area contributed by atoms with Gasteiger partial charge in [0.05, 0.1) is 6.04 Å². The van der Waals surface area contributed by atoms with E-state index in [0.29, 0.717) is 11.9 Å². The molecule has 0 radical (unpaired) electrons. The Hall–Kier alpha value is -1.39. The third kappa shape index (κ3) is 4.12. The number of nitrogens with zero attached hydrogens (tertiary/aromatic N) is 4. The summed E-state index contributed by atoms with van der Waals surface area (Å²) in [5.41, 5.74) is 0. The normalized spacial score (nSPS) is 28.7. The highest BCUT2D eigenvalue weighted by atomic mass is 16.2. The lowest BCUT2D eigenvalue weighted by Gasteiger charge is -2.36. The van der Waals surface area contributed by atoms with Gasteiger partial charge >= 0.3 is 0 Å². The molecule has 0 spiro atoms. The SMILES string of the molecule is CCCCC1CCC(C(=O)N2CCC[C@H](n3cncn3)C2)CC1. The first-order chi connectivity index (χ1) is 11.3. The monoisotopic (exact) mass is 318 g/mol. The minimum Gasteiger partial charge on any atom is -0.340 e. The van der Waals surface area contributed by atoms with Crippen molar-refractivity contribution < 1.29 is 4.79 Å². The van der Waals surface area contributed by atoms with Crippen LogP contribution in [0.25, 0.3) is 0 Å². The molecule has 2 aliphatic rings. The van der Waals surface area contributed by atoms with Crippen LogP contribution in [0.2, 0.25) is 0 Å². The van der Waals surface area contributed by atoms with Gasteiger partial charge in [-0.2, -0.15) is 5.10 Å². The summed E-state index contributed by atoms with van der Waals surface area (Å²) < 4.78 is 1.92. The van der Waals surface area contributed by atoms with Gasteiger partial charge in [-0.05, 0) is 44.4 Å². The Morgan fingerprint density at radius 2 is 2.04 bits per heavy atom. The molecule has 23 heavy (non-hydrogen) atoms. The van der Waals surface area contributed by atoms with Crippen molar-refractivity contribution in [3.05, 3.63) is 12.7 Å². The molecule has 128 valence electrons. The zero-order valence-corrected chi connectivity index (χ0v) is 14.4. The fourth-order valence-corrected chi connectivity index (χ4v) is 4.23. The number of carbonyl (C=O) groups excluding carboxylic acids is 1. The van der Waals surface area contributed by atoms with E-state index in [-0.39, 0.29) is 5.92 Å². The average molecular weight is 318 g/mol. The standard InChI is InChI=1S/C18H30N4O/c1-2-3-5-15-7-9-16(10-8-15)18(23)21-11-4-6-17(12-21)22-14-19-13-20-22/h13-17H,2-12H2,1H3/t15?,16?,17-/m0/s1. The Labute approximate surface area is 139 Å². The zero-order valence-electron chi connectivity index (χ0n) is 14.4. The van der Waals surface area contributed by atoms with Gasteiger partial charge in [-0.3, -0.25) is 4.79 Å². The van der Waals surface area contributed by atoms with Crippen molar-refractivity contribution in [1.82, 2.24) is 19.7 Å². The second kappa shape index (κ2) is 7.93. The number of amides is 1. The highest BCUT2D eigenvalue weighted by molar-refractivity contribution is 5.79. The second-order valence-corrected chi connectivity index (χ2v) is 7.32. The topological polar surface area (TPSA) is 51.0 Å². The van der Waals surface area contributed by atoms with Crippen molar-refractivity contribution in [2.75, 3.05) is 13.1 Å². The number of unbranched alkanes of at least 4 members (excludes halogenated alkanes) is 1. The molecule has 2 fully saturated rings. The van der Waals surface area contributed by atoms with Crippen molar-refractivity contribution in [1.29, 1.82) is 0 Å². The summed E-state index contributed by atoms with van der Waals surface area (Å²) in [7, 11) is 0. The number of likely N-dealkylation sites (tertiary alicyclic amines) is 1. The first-order valence-electron chi connectivity index (χ1n) is 9.40. The van der Waals surface area contributed by atoms with Gasteiger partial charge in [-0.1, -0.05) is 26.2 Å². The Morgan fingerprint density at radius 3 is 2.74 bits per heavy atom. The molecule has 3 rings (SSSR count). The number of hydrogen-bond acceptors (Lipinski definition) is 3. The van der Waals surface area contributed by atoms with Crippen molar-refractivity contribution in [3.8, 4) is 0 Å². The van der Waals surface area contributed by atoms with Crippen LogP contribution in [0.3, 0.4) is 0 Å². The summed E-state index contributed by atoms with van der Waals surface area (Å²) in [6.45, 7) is 3.98. The lowest BCUT2D eigenvalue weighted by molar-refractivity contribution is -0.138. The lowest BCUT2D eigenvalue weighted by Crippen LogP contribution is -2.44. The molecule has 1 amide bonds. The molecule has 1 aromatic heterocycles. The molecule has 0 bridgehead atoms. The summed E-state index contributed by atoms with van der Waals surface area (Å²) >= 11 is 0. The average Bonchev–Trinajstić information content (AvgIpc) is 3.14. The van der Waals surface area contributed by atoms with Crippen LogP contribution < -0.4 is 0 Å². The molecule has 1 saturated heterocycles. The number of hydrogen-bond donors (Lipinski definition) is 0. The van der Waals surface area contributed by atoms with Gasteiger partial charge in [0, 0.05) is 19.0 Å². The first kappa shape index (κ1) is 16.5. The smallest absolute Gasteiger partial charge is 0.225 e. The predicted octanol–water partition coefficient (Wildman–Crippen LogP) is 3.44. The highest BCUT2D eigenvalue weighted by Crippen LogP contribution is 2.34. The van der Waals surface area contributed by atoms with E-state index in [2.05, 4.69) is 21.9 Å². The van der Waals surface area contributed by atoms with E-state index in [9.17, 15) is 4.79 Å². The van der Waals surface area contributed by atoms with E-state index in [0.717, 1.165) is 44.7 Å². The molecule has 1 aliphatic carbocycles. The van der Waals surface area contributed by atoms with E-state index >= 15 is 0 Å². The minimum absolute atomic E-state index is 0.266. The van der Waals surface area contributed by atoms with Gasteiger partial charge in [0.1, 0.15) is 12.7 Å². The van der Waals surface area contributed by atoms with Crippen LogP contribution in [0.1, 0.15) is 70.8 Å². The van der Waals surface area contributed by atoms with Crippen molar-refractivity contribution >= 4 is 5.91 Å². The molecule has 1 saturated carbocycles. The van der Waals surface area contributed by atoms with Crippen LogP contribution in [0.4, 0.5) is 0 Å². The Morgan fingerprint density at radius 1 is 1.22 bits per heavy atom. The van der Waals surface area contributed by atoms with Crippen molar-refractivity contribution in [2.45, 2.75) is 70.8 Å².